The van der Waals surface area contributed by atoms with Crippen molar-refractivity contribution in [1.82, 2.24) is 10.2 Å². The molecule has 1 aromatic rings. The lowest BCUT2D eigenvalue weighted by Gasteiger charge is -2.39. The monoisotopic (exact) mass is 293 g/mol. The van der Waals surface area contributed by atoms with Crippen LogP contribution in [0.1, 0.15) is 12.5 Å². The van der Waals surface area contributed by atoms with E-state index >= 15 is 0 Å². The van der Waals surface area contributed by atoms with Crippen LogP contribution in [0.15, 0.2) is 28.7 Å². The maximum absolute atomic E-state index is 9.55. The van der Waals surface area contributed by atoms with Gasteiger partial charge in [0.25, 0.3) is 0 Å². The van der Waals surface area contributed by atoms with Crippen LogP contribution in [0, 0.1) is 11.3 Å². The fourth-order valence-corrected chi connectivity index (χ4v) is 2.62. The second-order valence-electron chi connectivity index (χ2n) is 4.43. The van der Waals surface area contributed by atoms with E-state index in [-0.39, 0.29) is 0 Å². The number of piperazine rings is 1. The number of nitrogens with zero attached hydrogens (tertiary/aromatic N) is 2. The molecule has 1 atom stereocenters. The molecule has 0 aromatic heterocycles. The highest BCUT2D eigenvalue weighted by molar-refractivity contribution is 9.10. The van der Waals surface area contributed by atoms with Crippen molar-refractivity contribution in [3.05, 3.63) is 34.3 Å². The summed E-state index contributed by atoms with van der Waals surface area (Å²) in [5.41, 5.74) is 0.516. The van der Waals surface area contributed by atoms with Crippen molar-refractivity contribution in [2.75, 3.05) is 26.2 Å². The molecule has 1 saturated heterocycles. The Morgan fingerprint density at radius 1 is 1.41 bits per heavy atom. The van der Waals surface area contributed by atoms with Crippen molar-refractivity contribution in [2.45, 2.75) is 12.5 Å². The van der Waals surface area contributed by atoms with Gasteiger partial charge >= 0.3 is 0 Å². The van der Waals surface area contributed by atoms with Gasteiger partial charge in [-0.15, -0.1) is 0 Å². The Balaban J connectivity index is 2.33. The zero-order chi connectivity index (χ0) is 12.3. The summed E-state index contributed by atoms with van der Waals surface area (Å²) in [5, 5.41) is 12.9. The van der Waals surface area contributed by atoms with Crippen molar-refractivity contribution in [1.29, 1.82) is 5.26 Å². The number of benzene rings is 1. The van der Waals surface area contributed by atoms with E-state index in [1.807, 2.05) is 31.2 Å². The van der Waals surface area contributed by atoms with E-state index in [9.17, 15) is 5.26 Å². The lowest BCUT2D eigenvalue weighted by atomic mass is 9.91. The van der Waals surface area contributed by atoms with Crippen LogP contribution >= 0.6 is 15.9 Å². The van der Waals surface area contributed by atoms with Crippen LogP contribution in [0.5, 0.6) is 0 Å². The van der Waals surface area contributed by atoms with E-state index in [1.54, 1.807) is 0 Å². The Kier molecular flexibility index (Phi) is 3.82. The predicted molar refractivity (Wildman–Crippen MR) is 71.5 cm³/mol. The number of nitriles is 1. The van der Waals surface area contributed by atoms with E-state index in [4.69, 9.17) is 0 Å². The third-order valence-electron chi connectivity index (χ3n) is 3.35. The molecule has 4 heteroatoms. The minimum Gasteiger partial charge on any atom is -0.314 e. The SMILES string of the molecule is CC(C#N)(c1cccc(Br)c1)N1CCNCC1. The van der Waals surface area contributed by atoms with Gasteiger partial charge in [0.05, 0.1) is 6.07 Å². The van der Waals surface area contributed by atoms with Gasteiger partial charge in [-0.2, -0.15) is 5.26 Å². The molecule has 1 aliphatic rings. The molecule has 1 fully saturated rings. The first-order valence-electron chi connectivity index (χ1n) is 5.80. The second-order valence-corrected chi connectivity index (χ2v) is 5.35. The first-order chi connectivity index (χ1) is 8.16. The molecule has 0 saturated carbocycles. The van der Waals surface area contributed by atoms with Gasteiger partial charge in [-0.05, 0) is 24.6 Å². The van der Waals surface area contributed by atoms with E-state index in [1.165, 1.54) is 0 Å². The fraction of sp³-hybridized carbons (Fsp3) is 0.462. The van der Waals surface area contributed by atoms with Crippen molar-refractivity contribution in [3.8, 4) is 6.07 Å². The number of hydrogen-bond acceptors (Lipinski definition) is 3. The first kappa shape index (κ1) is 12.6. The molecule has 0 amide bonds. The molecular formula is C13H16BrN3. The van der Waals surface area contributed by atoms with Gasteiger partial charge < -0.3 is 5.32 Å². The van der Waals surface area contributed by atoms with Crippen LogP contribution in [0.2, 0.25) is 0 Å². The summed E-state index contributed by atoms with van der Waals surface area (Å²) >= 11 is 3.47. The molecule has 17 heavy (non-hydrogen) atoms. The molecule has 1 unspecified atom stereocenters. The Hall–Kier alpha value is -0.890. The van der Waals surface area contributed by atoms with Gasteiger partial charge in [-0.3, -0.25) is 4.90 Å². The summed E-state index contributed by atoms with van der Waals surface area (Å²) < 4.78 is 1.02. The highest BCUT2D eigenvalue weighted by atomic mass is 79.9. The quantitative estimate of drug-likeness (QED) is 0.908. The van der Waals surface area contributed by atoms with E-state index < -0.39 is 5.54 Å². The zero-order valence-corrected chi connectivity index (χ0v) is 11.5. The normalized spacial score (nSPS) is 20.5. The standard InChI is InChI=1S/C13H16BrN3/c1-13(10-15,17-7-5-16-6-8-17)11-3-2-4-12(14)9-11/h2-4,9,16H,5-8H2,1H3. The maximum Gasteiger partial charge on any atom is 0.132 e. The largest absolute Gasteiger partial charge is 0.314 e. The summed E-state index contributed by atoms with van der Waals surface area (Å²) in [6, 6.07) is 10.5. The van der Waals surface area contributed by atoms with Crippen molar-refractivity contribution >= 4 is 15.9 Å². The van der Waals surface area contributed by atoms with E-state index in [2.05, 4.69) is 32.2 Å². The molecule has 3 nitrogen and oxygen atoms in total. The molecule has 1 aromatic carbocycles. The zero-order valence-electron chi connectivity index (χ0n) is 9.91. The highest BCUT2D eigenvalue weighted by Gasteiger charge is 2.34. The van der Waals surface area contributed by atoms with Crippen LogP contribution in [0.4, 0.5) is 0 Å². The van der Waals surface area contributed by atoms with E-state index in [0.29, 0.717) is 0 Å². The van der Waals surface area contributed by atoms with Gasteiger partial charge in [-0.25, -0.2) is 0 Å². The molecule has 0 radical (unpaired) electrons. The van der Waals surface area contributed by atoms with Crippen LogP contribution in [-0.2, 0) is 5.54 Å². The van der Waals surface area contributed by atoms with Gasteiger partial charge in [0, 0.05) is 30.7 Å². The average Bonchev–Trinajstić information content (AvgIpc) is 2.39. The fourth-order valence-electron chi connectivity index (χ4n) is 2.22. The third kappa shape index (κ3) is 2.52. The van der Waals surface area contributed by atoms with Crippen molar-refractivity contribution in [2.24, 2.45) is 0 Å². The molecular weight excluding hydrogens is 278 g/mol. The Morgan fingerprint density at radius 2 is 2.12 bits per heavy atom. The summed E-state index contributed by atoms with van der Waals surface area (Å²) in [6.07, 6.45) is 0. The summed E-state index contributed by atoms with van der Waals surface area (Å²) in [6.45, 7) is 5.73. The molecule has 90 valence electrons. The summed E-state index contributed by atoms with van der Waals surface area (Å²) in [7, 11) is 0. The summed E-state index contributed by atoms with van der Waals surface area (Å²) in [4.78, 5) is 2.24. The molecule has 1 aliphatic heterocycles. The van der Waals surface area contributed by atoms with Gasteiger partial charge in [-0.1, -0.05) is 28.1 Å². The molecule has 1 heterocycles. The van der Waals surface area contributed by atoms with Crippen LogP contribution in [0.25, 0.3) is 0 Å². The van der Waals surface area contributed by atoms with E-state index in [0.717, 1.165) is 36.2 Å². The topological polar surface area (TPSA) is 39.1 Å². The Morgan fingerprint density at radius 3 is 2.71 bits per heavy atom. The van der Waals surface area contributed by atoms with Crippen LogP contribution in [0.3, 0.4) is 0 Å². The second kappa shape index (κ2) is 5.18. The van der Waals surface area contributed by atoms with Gasteiger partial charge in [0.15, 0.2) is 0 Å². The average molecular weight is 294 g/mol. The maximum atomic E-state index is 9.55. The number of rotatable bonds is 2. The molecule has 2 rings (SSSR count). The number of nitrogens with one attached hydrogen (secondary N) is 1. The van der Waals surface area contributed by atoms with Crippen molar-refractivity contribution in [3.63, 3.8) is 0 Å². The number of halogens is 1. The number of hydrogen-bond donors (Lipinski definition) is 1. The first-order valence-corrected chi connectivity index (χ1v) is 6.59. The van der Waals surface area contributed by atoms with Gasteiger partial charge in [0.2, 0.25) is 0 Å². The molecule has 0 aliphatic carbocycles. The third-order valence-corrected chi connectivity index (χ3v) is 3.85. The van der Waals surface area contributed by atoms with Crippen molar-refractivity contribution < 1.29 is 0 Å². The smallest absolute Gasteiger partial charge is 0.132 e. The molecule has 0 bridgehead atoms. The molecule has 1 N–H and O–H groups in total. The Bertz CT molecular complexity index is 435. The van der Waals surface area contributed by atoms with Crippen LogP contribution < -0.4 is 5.32 Å². The Labute approximate surface area is 111 Å². The van der Waals surface area contributed by atoms with Crippen LogP contribution in [-0.4, -0.2) is 31.1 Å². The van der Waals surface area contributed by atoms with Gasteiger partial charge in [0.1, 0.15) is 5.54 Å². The molecule has 0 spiro atoms. The predicted octanol–water partition coefficient (Wildman–Crippen LogP) is 2.09. The minimum atomic E-state index is -0.536. The lowest BCUT2D eigenvalue weighted by molar-refractivity contribution is 0.132. The summed E-state index contributed by atoms with van der Waals surface area (Å²) in [5.74, 6) is 0. The highest BCUT2D eigenvalue weighted by Crippen LogP contribution is 2.29. The lowest BCUT2D eigenvalue weighted by Crippen LogP contribution is -2.52. The minimum absolute atomic E-state index is 0.536.